The van der Waals surface area contributed by atoms with Crippen molar-refractivity contribution in [1.82, 2.24) is 9.80 Å². The lowest BCUT2D eigenvalue weighted by atomic mass is 9.95. The Morgan fingerprint density at radius 1 is 0.973 bits per heavy atom. The van der Waals surface area contributed by atoms with Crippen molar-refractivity contribution in [1.29, 1.82) is 0 Å². The third-order valence-corrected chi connectivity index (χ3v) is 7.25. The highest BCUT2D eigenvalue weighted by atomic mass is 35.5. The maximum atomic E-state index is 13.3. The summed E-state index contributed by atoms with van der Waals surface area (Å²) >= 11 is 12.7. The van der Waals surface area contributed by atoms with E-state index >= 15 is 0 Å². The highest BCUT2D eigenvalue weighted by Crippen LogP contribution is 2.42. The summed E-state index contributed by atoms with van der Waals surface area (Å²) in [7, 11) is 1.55. The van der Waals surface area contributed by atoms with Gasteiger partial charge in [0, 0.05) is 22.2 Å². The van der Waals surface area contributed by atoms with Crippen LogP contribution in [0.5, 0.6) is 5.75 Å². The number of aliphatic hydroxyl groups is 1. The van der Waals surface area contributed by atoms with Gasteiger partial charge in [-0.15, -0.1) is 0 Å². The largest absolute Gasteiger partial charge is 0.507 e. The molecule has 8 heteroatoms. The molecule has 200 valence electrons. The molecule has 0 aliphatic carbocycles. The zero-order chi connectivity index (χ0) is 26.9. The van der Waals surface area contributed by atoms with Gasteiger partial charge in [-0.3, -0.25) is 9.59 Å². The molecule has 37 heavy (non-hydrogen) atoms. The SMILES string of the molecule is CCCCN(CCCC)CCCN1C(=O)C(=O)C(=C(O)c2ccc(OC)cc2)[C@H]1c1ccc(Cl)cc1Cl. The number of carbonyl (C=O) groups is 2. The van der Waals surface area contributed by atoms with Gasteiger partial charge in [0.1, 0.15) is 11.5 Å². The fraction of sp³-hybridized carbons (Fsp3) is 0.448. The molecular weight excluding hydrogens is 511 g/mol. The van der Waals surface area contributed by atoms with Crippen molar-refractivity contribution in [3.8, 4) is 5.75 Å². The number of hydrogen-bond acceptors (Lipinski definition) is 5. The second-order valence-corrected chi connectivity index (χ2v) is 10.1. The monoisotopic (exact) mass is 546 g/mol. The van der Waals surface area contributed by atoms with E-state index in [-0.39, 0.29) is 11.3 Å². The van der Waals surface area contributed by atoms with Crippen molar-refractivity contribution in [2.24, 2.45) is 0 Å². The first-order valence-corrected chi connectivity index (χ1v) is 13.7. The van der Waals surface area contributed by atoms with Gasteiger partial charge in [-0.1, -0.05) is 56.0 Å². The van der Waals surface area contributed by atoms with Crippen molar-refractivity contribution in [2.45, 2.75) is 52.0 Å². The number of hydrogen-bond donors (Lipinski definition) is 1. The molecule has 6 nitrogen and oxygen atoms in total. The number of rotatable bonds is 13. The first-order chi connectivity index (χ1) is 17.8. The molecule has 0 aromatic heterocycles. The molecule has 0 spiro atoms. The Labute approximate surface area is 229 Å². The number of nitrogens with zero attached hydrogens (tertiary/aromatic N) is 2. The van der Waals surface area contributed by atoms with E-state index in [9.17, 15) is 14.7 Å². The molecule has 2 aromatic carbocycles. The van der Waals surface area contributed by atoms with Gasteiger partial charge in [0.05, 0.1) is 18.7 Å². The minimum atomic E-state index is -0.813. The zero-order valence-electron chi connectivity index (χ0n) is 21.8. The van der Waals surface area contributed by atoms with Gasteiger partial charge in [-0.05, 0) is 80.9 Å². The molecule has 3 rings (SSSR count). The van der Waals surface area contributed by atoms with Crippen molar-refractivity contribution in [3.05, 3.63) is 69.2 Å². The molecule has 0 unspecified atom stereocenters. The Hall–Kier alpha value is -2.54. The van der Waals surface area contributed by atoms with Crippen molar-refractivity contribution in [3.63, 3.8) is 0 Å². The number of methoxy groups -OCH3 is 1. The van der Waals surface area contributed by atoms with E-state index in [0.717, 1.165) is 45.3 Å². The molecule has 1 aliphatic rings. The molecule has 1 N–H and O–H groups in total. The summed E-state index contributed by atoms with van der Waals surface area (Å²) in [6.45, 7) is 7.57. The minimum Gasteiger partial charge on any atom is -0.507 e. The van der Waals surface area contributed by atoms with E-state index in [2.05, 4.69) is 18.7 Å². The summed E-state index contributed by atoms with van der Waals surface area (Å²) in [6.07, 6.45) is 5.19. The number of aliphatic hydroxyl groups excluding tert-OH is 1. The van der Waals surface area contributed by atoms with Crippen LogP contribution in [0.4, 0.5) is 0 Å². The van der Waals surface area contributed by atoms with E-state index in [0.29, 0.717) is 39.9 Å². The number of Topliss-reactive ketones (excluding diaryl/α,β-unsaturated/α-hetero) is 1. The molecule has 0 radical (unpaired) electrons. The number of amides is 1. The number of likely N-dealkylation sites (tertiary alicyclic amines) is 1. The number of carbonyl (C=O) groups excluding carboxylic acids is 2. The number of ketones is 1. The van der Waals surface area contributed by atoms with E-state index < -0.39 is 17.7 Å². The number of halogens is 2. The van der Waals surface area contributed by atoms with Gasteiger partial charge in [0.15, 0.2) is 0 Å². The molecule has 1 aliphatic heterocycles. The second kappa shape index (κ2) is 13.8. The van der Waals surface area contributed by atoms with Gasteiger partial charge < -0.3 is 19.6 Å². The predicted molar refractivity (Wildman–Crippen MR) is 149 cm³/mol. The summed E-state index contributed by atoms with van der Waals surface area (Å²) in [5.41, 5.74) is 0.988. The van der Waals surface area contributed by atoms with Crippen molar-refractivity contribution >= 4 is 40.7 Å². The van der Waals surface area contributed by atoms with Crippen LogP contribution in [-0.2, 0) is 9.59 Å². The average Bonchev–Trinajstić information content (AvgIpc) is 3.14. The normalized spacial score (nSPS) is 17.1. The lowest BCUT2D eigenvalue weighted by Crippen LogP contribution is -2.34. The standard InChI is InChI=1S/C29H36Cl2N2O4/c1-4-6-15-32(16-7-5-2)17-8-18-33-26(23-14-11-21(30)19-24(23)31)25(28(35)29(33)36)27(34)20-9-12-22(37-3)13-10-20/h9-14,19,26,34H,4-8,15-18H2,1-3H3/t26-/m1/s1. The molecule has 1 atom stereocenters. The Kier molecular flexibility index (Phi) is 10.9. The first kappa shape index (κ1) is 29.0. The van der Waals surface area contributed by atoms with Crippen LogP contribution in [-0.4, -0.2) is 59.9 Å². The molecule has 2 aromatic rings. The Balaban J connectivity index is 1.95. The summed E-state index contributed by atoms with van der Waals surface area (Å²) in [6, 6.07) is 10.9. The fourth-order valence-electron chi connectivity index (χ4n) is 4.63. The quantitative estimate of drug-likeness (QED) is 0.171. The van der Waals surface area contributed by atoms with E-state index in [1.54, 1.807) is 49.6 Å². The maximum Gasteiger partial charge on any atom is 0.295 e. The maximum absolute atomic E-state index is 13.3. The zero-order valence-corrected chi connectivity index (χ0v) is 23.3. The summed E-state index contributed by atoms with van der Waals surface area (Å²) in [5.74, 6) is -0.991. The van der Waals surface area contributed by atoms with Crippen LogP contribution in [0.3, 0.4) is 0 Å². The number of ether oxygens (including phenoxy) is 1. The van der Waals surface area contributed by atoms with Gasteiger partial charge in [-0.25, -0.2) is 0 Å². The smallest absolute Gasteiger partial charge is 0.295 e. The molecule has 0 bridgehead atoms. The second-order valence-electron chi connectivity index (χ2n) is 9.29. The van der Waals surface area contributed by atoms with Gasteiger partial charge in [0.25, 0.3) is 11.7 Å². The van der Waals surface area contributed by atoms with E-state index in [1.165, 1.54) is 4.90 Å². The average molecular weight is 548 g/mol. The molecule has 1 saturated heterocycles. The highest BCUT2D eigenvalue weighted by molar-refractivity contribution is 6.47. The van der Waals surface area contributed by atoms with Crippen LogP contribution >= 0.6 is 23.2 Å². The Morgan fingerprint density at radius 2 is 1.59 bits per heavy atom. The van der Waals surface area contributed by atoms with Crippen LogP contribution in [0, 0.1) is 0 Å². The highest BCUT2D eigenvalue weighted by Gasteiger charge is 2.46. The predicted octanol–water partition coefficient (Wildman–Crippen LogP) is 6.72. The van der Waals surface area contributed by atoms with Crippen LogP contribution < -0.4 is 4.74 Å². The van der Waals surface area contributed by atoms with Crippen LogP contribution in [0.15, 0.2) is 48.0 Å². The van der Waals surface area contributed by atoms with Gasteiger partial charge in [0.2, 0.25) is 0 Å². The Bertz CT molecular complexity index is 1110. The van der Waals surface area contributed by atoms with Crippen LogP contribution in [0.1, 0.15) is 63.1 Å². The first-order valence-electron chi connectivity index (χ1n) is 12.9. The third-order valence-electron chi connectivity index (χ3n) is 6.69. The van der Waals surface area contributed by atoms with Crippen molar-refractivity contribution < 1.29 is 19.4 Å². The summed E-state index contributed by atoms with van der Waals surface area (Å²) < 4.78 is 5.20. The van der Waals surface area contributed by atoms with Crippen molar-refractivity contribution in [2.75, 3.05) is 33.3 Å². The molecular formula is C29H36Cl2N2O4. The van der Waals surface area contributed by atoms with E-state index in [4.69, 9.17) is 27.9 Å². The van der Waals surface area contributed by atoms with Gasteiger partial charge in [-0.2, -0.15) is 0 Å². The molecule has 1 amide bonds. The molecule has 0 saturated carbocycles. The summed E-state index contributed by atoms with van der Waals surface area (Å²) in [4.78, 5) is 30.5. The topological polar surface area (TPSA) is 70.1 Å². The van der Waals surface area contributed by atoms with E-state index in [1.807, 2.05) is 0 Å². The lowest BCUT2D eigenvalue weighted by Gasteiger charge is -2.28. The molecule has 1 heterocycles. The van der Waals surface area contributed by atoms with Gasteiger partial charge >= 0.3 is 0 Å². The molecule has 1 fully saturated rings. The number of benzene rings is 2. The minimum absolute atomic E-state index is 0.0215. The number of unbranched alkanes of at least 4 members (excludes halogenated alkanes) is 2. The van der Waals surface area contributed by atoms with Crippen LogP contribution in [0.25, 0.3) is 5.76 Å². The Morgan fingerprint density at radius 3 is 2.16 bits per heavy atom. The lowest BCUT2D eigenvalue weighted by molar-refractivity contribution is -0.140. The summed E-state index contributed by atoms with van der Waals surface area (Å²) in [5, 5.41) is 12.0. The third kappa shape index (κ3) is 7.07. The van der Waals surface area contributed by atoms with Crippen LogP contribution in [0.2, 0.25) is 10.0 Å². The fourth-order valence-corrected chi connectivity index (χ4v) is 5.14.